The summed E-state index contributed by atoms with van der Waals surface area (Å²) >= 11 is 5.81. The van der Waals surface area contributed by atoms with Crippen molar-refractivity contribution in [3.8, 4) is 0 Å². The number of hydrogen-bond donors (Lipinski definition) is 0. The molecule has 1 fully saturated rings. The molecule has 1 aliphatic rings. The summed E-state index contributed by atoms with van der Waals surface area (Å²) < 4.78 is 13.3. The molecule has 2 nitrogen and oxygen atoms in total. The van der Waals surface area contributed by atoms with Crippen LogP contribution in [0.1, 0.15) is 40.7 Å². The van der Waals surface area contributed by atoms with Gasteiger partial charge in [-0.25, -0.2) is 4.39 Å². The second-order valence-corrected chi connectivity index (χ2v) is 6.36. The van der Waals surface area contributed by atoms with Gasteiger partial charge in [0, 0.05) is 17.7 Å². The second-order valence-electron chi connectivity index (χ2n) is 5.95. The van der Waals surface area contributed by atoms with Crippen LogP contribution in [-0.4, -0.2) is 23.8 Å². The summed E-state index contributed by atoms with van der Waals surface area (Å²) in [6, 6.07) is 11.8. The number of hydrogen-bond acceptors (Lipinski definition) is 2. The maximum atomic E-state index is 13.3. The average Bonchev–Trinajstić information content (AvgIpc) is 2.58. The molecular weight excluding hydrogens is 313 g/mol. The highest BCUT2D eigenvalue weighted by atomic mass is 35.5. The van der Waals surface area contributed by atoms with Crippen LogP contribution in [0.25, 0.3) is 0 Å². The number of nitrogens with zero attached hydrogens (tertiary/aromatic N) is 1. The Morgan fingerprint density at radius 2 is 1.83 bits per heavy atom. The highest BCUT2D eigenvalue weighted by Gasteiger charge is 2.17. The molecule has 0 unspecified atom stereocenters. The number of carbonyl (C=O) groups is 1. The van der Waals surface area contributed by atoms with Crippen LogP contribution in [0.15, 0.2) is 42.5 Å². The van der Waals surface area contributed by atoms with Crippen molar-refractivity contribution >= 4 is 17.4 Å². The fourth-order valence-corrected chi connectivity index (χ4v) is 3.21. The molecule has 2 aromatic carbocycles. The van der Waals surface area contributed by atoms with E-state index in [0.717, 1.165) is 25.2 Å². The van der Waals surface area contributed by atoms with Crippen molar-refractivity contribution in [2.45, 2.75) is 25.8 Å². The van der Waals surface area contributed by atoms with Crippen molar-refractivity contribution in [2.75, 3.05) is 13.1 Å². The Labute approximate surface area is 140 Å². The molecular formula is C19H19ClFNO. The molecule has 0 atom stereocenters. The van der Waals surface area contributed by atoms with Crippen molar-refractivity contribution in [1.29, 1.82) is 0 Å². The van der Waals surface area contributed by atoms with Gasteiger partial charge in [-0.15, -0.1) is 0 Å². The van der Waals surface area contributed by atoms with Gasteiger partial charge in [0.15, 0.2) is 5.78 Å². The summed E-state index contributed by atoms with van der Waals surface area (Å²) in [7, 11) is 0. The minimum Gasteiger partial charge on any atom is -0.299 e. The molecule has 0 radical (unpaired) electrons. The van der Waals surface area contributed by atoms with E-state index in [-0.39, 0.29) is 10.8 Å². The number of ketones is 1. The van der Waals surface area contributed by atoms with Gasteiger partial charge in [-0.05, 0) is 49.7 Å². The molecule has 0 aromatic heterocycles. The fourth-order valence-electron chi connectivity index (χ4n) is 3.03. The van der Waals surface area contributed by atoms with Crippen molar-refractivity contribution in [3.05, 3.63) is 70.0 Å². The summed E-state index contributed by atoms with van der Waals surface area (Å²) in [5, 5.41) is -0.0237. The molecule has 4 heteroatoms. The zero-order valence-electron chi connectivity index (χ0n) is 12.9. The second kappa shape index (κ2) is 7.24. The van der Waals surface area contributed by atoms with Gasteiger partial charge in [0.2, 0.25) is 0 Å². The highest BCUT2D eigenvalue weighted by molar-refractivity contribution is 6.31. The van der Waals surface area contributed by atoms with Crippen LogP contribution in [0.5, 0.6) is 0 Å². The van der Waals surface area contributed by atoms with E-state index >= 15 is 0 Å². The SMILES string of the molecule is O=C(c1ccc(F)c(Cl)c1)c1ccccc1CN1CCCCC1. The van der Waals surface area contributed by atoms with Gasteiger partial charge >= 0.3 is 0 Å². The standard InChI is InChI=1S/C19H19ClFNO/c20-17-12-14(8-9-18(17)21)19(23)16-7-3-2-6-15(16)13-22-10-4-1-5-11-22/h2-3,6-9,12H,1,4-5,10-11,13H2. The first-order chi connectivity index (χ1) is 11.1. The van der Waals surface area contributed by atoms with Crippen LogP contribution < -0.4 is 0 Å². The normalized spacial score (nSPS) is 15.6. The number of rotatable bonds is 4. The van der Waals surface area contributed by atoms with Gasteiger partial charge in [-0.3, -0.25) is 9.69 Å². The number of carbonyl (C=O) groups excluding carboxylic acids is 1. The maximum Gasteiger partial charge on any atom is 0.193 e. The molecule has 1 aliphatic heterocycles. The lowest BCUT2D eigenvalue weighted by Crippen LogP contribution is -2.29. The van der Waals surface area contributed by atoms with E-state index in [1.807, 2.05) is 24.3 Å². The van der Waals surface area contributed by atoms with E-state index in [1.165, 1.54) is 37.5 Å². The lowest BCUT2D eigenvalue weighted by molar-refractivity contribution is 0.103. The first-order valence-electron chi connectivity index (χ1n) is 7.95. The predicted molar refractivity (Wildman–Crippen MR) is 90.4 cm³/mol. The van der Waals surface area contributed by atoms with Crippen molar-refractivity contribution in [3.63, 3.8) is 0 Å². The molecule has 0 bridgehead atoms. The van der Waals surface area contributed by atoms with Gasteiger partial charge in [-0.2, -0.15) is 0 Å². The monoisotopic (exact) mass is 331 g/mol. The first kappa shape index (κ1) is 16.2. The van der Waals surface area contributed by atoms with E-state index in [1.54, 1.807) is 0 Å². The van der Waals surface area contributed by atoms with Gasteiger partial charge in [0.25, 0.3) is 0 Å². The number of likely N-dealkylation sites (tertiary alicyclic amines) is 1. The smallest absolute Gasteiger partial charge is 0.193 e. The number of halogens is 2. The van der Waals surface area contributed by atoms with Crippen LogP contribution in [0.3, 0.4) is 0 Å². The third-order valence-corrected chi connectivity index (χ3v) is 4.58. The van der Waals surface area contributed by atoms with Gasteiger partial charge in [0.05, 0.1) is 5.02 Å². The highest BCUT2D eigenvalue weighted by Crippen LogP contribution is 2.22. The minimum atomic E-state index is -0.509. The molecule has 0 spiro atoms. The summed E-state index contributed by atoms with van der Waals surface area (Å²) in [5.41, 5.74) is 2.10. The molecule has 0 saturated carbocycles. The Morgan fingerprint density at radius 1 is 1.09 bits per heavy atom. The quantitative estimate of drug-likeness (QED) is 0.757. The summed E-state index contributed by atoms with van der Waals surface area (Å²) in [4.78, 5) is 15.2. The molecule has 3 rings (SSSR count). The minimum absolute atomic E-state index is 0.0237. The lowest BCUT2D eigenvalue weighted by atomic mass is 9.97. The topological polar surface area (TPSA) is 20.3 Å². The fraction of sp³-hybridized carbons (Fsp3) is 0.316. The Hall–Kier alpha value is -1.71. The Balaban J connectivity index is 1.86. The van der Waals surface area contributed by atoms with Crippen LogP contribution >= 0.6 is 11.6 Å². The van der Waals surface area contributed by atoms with Crippen LogP contribution in [0, 0.1) is 5.82 Å². The maximum absolute atomic E-state index is 13.3. The molecule has 1 heterocycles. The molecule has 0 amide bonds. The zero-order chi connectivity index (χ0) is 16.2. The Kier molecular flexibility index (Phi) is 5.09. The predicted octanol–water partition coefficient (Wildman–Crippen LogP) is 4.70. The van der Waals surface area contributed by atoms with Crippen molar-refractivity contribution < 1.29 is 9.18 Å². The van der Waals surface area contributed by atoms with Gasteiger partial charge in [0.1, 0.15) is 5.82 Å². The third kappa shape index (κ3) is 3.80. The van der Waals surface area contributed by atoms with Crippen LogP contribution in [-0.2, 0) is 6.54 Å². The van der Waals surface area contributed by atoms with Crippen LogP contribution in [0.2, 0.25) is 5.02 Å². The van der Waals surface area contributed by atoms with Crippen molar-refractivity contribution in [2.24, 2.45) is 0 Å². The molecule has 23 heavy (non-hydrogen) atoms. The van der Waals surface area contributed by atoms with Gasteiger partial charge in [-0.1, -0.05) is 42.3 Å². The summed E-state index contributed by atoms with van der Waals surface area (Å²) in [6.45, 7) is 2.92. The molecule has 2 aromatic rings. The molecule has 0 aliphatic carbocycles. The third-order valence-electron chi connectivity index (χ3n) is 4.29. The Morgan fingerprint density at radius 3 is 2.57 bits per heavy atom. The number of benzene rings is 2. The lowest BCUT2D eigenvalue weighted by Gasteiger charge is -2.27. The molecule has 120 valence electrons. The first-order valence-corrected chi connectivity index (χ1v) is 8.33. The summed E-state index contributed by atoms with van der Waals surface area (Å²) in [5.74, 6) is -0.621. The number of piperidine rings is 1. The molecule has 1 saturated heterocycles. The van der Waals surface area contributed by atoms with E-state index < -0.39 is 5.82 Å². The van der Waals surface area contributed by atoms with E-state index in [4.69, 9.17) is 11.6 Å². The Bertz CT molecular complexity index is 710. The molecule has 0 N–H and O–H groups in total. The van der Waals surface area contributed by atoms with E-state index in [9.17, 15) is 9.18 Å². The largest absolute Gasteiger partial charge is 0.299 e. The van der Waals surface area contributed by atoms with Crippen LogP contribution in [0.4, 0.5) is 4.39 Å². The van der Waals surface area contributed by atoms with E-state index in [0.29, 0.717) is 11.1 Å². The van der Waals surface area contributed by atoms with E-state index in [2.05, 4.69) is 4.90 Å². The zero-order valence-corrected chi connectivity index (χ0v) is 13.7. The van der Waals surface area contributed by atoms with Gasteiger partial charge < -0.3 is 0 Å². The van der Waals surface area contributed by atoms with Crippen molar-refractivity contribution in [1.82, 2.24) is 4.90 Å². The average molecular weight is 332 g/mol. The summed E-state index contributed by atoms with van der Waals surface area (Å²) in [6.07, 6.45) is 3.71.